The molecule has 0 spiro atoms. The molecule has 0 atom stereocenters. The lowest BCUT2D eigenvalue weighted by Gasteiger charge is -2.26. The van der Waals surface area contributed by atoms with Crippen molar-refractivity contribution in [3.05, 3.63) is 194 Å². The van der Waals surface area contributed by atoms with Crippen LogP contribution in [-0.2, 0) is 0 Å². The van der Waals surface area contributed by atoms with Crippen LogP contribution in [0.3, 0.4) is 0 Å². The van der Waals surface area contributed by atoms with E-state index in [2.05, 4.69) is 185 Å². The normalized spacial score (nSPS) is 11.9. The summed E-state index contributed by atoms with van der Waals surface area (Å²) in [5.74, 6) is 0. The van der Waals surface area contributed by atoms with E-state index in [1.54, 1.807) is 0 Å². The molecule has 3 heterocycles. The van der Waals surface area contributed by atoms with Crippen LogP contribution in [0.15, 0.2) is 203 Å². The Hall–Kier alpha value is -7.56. The van der Waals surface area contributed by atoms with E-state index in [1.807, 2.05) is 18.2 Å². The van der Waals surface area contributed by atoms with Gasteiger partial charge in [0.25, 0.3) is 0 Å². The maximum Gasteiger partial charge on any atom is 0.143 e. The molecule has 0 aliphatic rings. The zero-order chi connectivity index (χ0) is 36.7. The van der Waals surface area contributed by atoms with Crippen molar-refractivity contribution in [2.24, 2.45) is 0 Å². The second-order valence-electron chi connectivity index (χ2n) is 14.5. The van der Waals surface area contributed by atoms with Crippen molar-refractivity contribution >= 4 is 93.5 Å². The molecule has 0 N–H and O–H groups in total. The van der Waals surface area contributed by atoms with Crippen LogP contribution in [0.5, 0.6) is 0 Å². The molecule has 262 valence electrons. The van der Waals surface area contributed by atoms with E-state index in [1.165, 1.54) is 10.8 Å². The molecule has 56 heavy (non-hydrogen) atoms. The van der Waals surface area contributed by atoms with Gasteiger partial charge >= 0.3 is 0 Å². The zero-order valence-corrected chi connectivity index (χ0v) is 30.2. The Morgan fingerprint density at radius 3 is 1.82 bits per heavy atom. The molecule has 0 radical (unpaired) electrons. The third kappa shape index (κ3) is 4.66. The number of hydrogen-bond donors (Lipinski definition) is 0. The van der Waals surface area contributed by atoms with E-state index in [-0.39, 0.29) is 0 Å². The minimum atomic E-state index is 0.869. The summed E-state index contributed by atoms with van der Waals surface area (Å²) in [6, 6.07) is 69.1. The van der Waals surface area contributed by atoms with Gasteiger partial charge in [0.15, 0.2) is 0 Å². The van der Waals surface area contributed by atoms with Crippen LogP contribution >= 0.6 is 0 Å². The monoisotopic (exact) mass is 716 g/mol. The van der Waals surface area contributed by atoms with E-state index in [4.69, 9.17) is 8.83 Å². The number of anilines is 3. The highest BCUT2D eigenvalue weighted by Gasteiger charge is 2.19. The molecule has 0 saturated carbocycles. The van der Waals surface area contributed by atoms with E-state index in [0.29, 0.717) is 0 Å². The third-order valence-corrected chi connectivity index (χ3v) is 11.3. The molecule has 0 bridgehead atoms. The average molecular weight is 717 g/mol. The van der Waals surface area contributed by atoms with Gasteiger partial charge in [0.05, 0.1) is 11.0 Å². The van der Waals surface area contributed by atoms with Crippen LogP contribution < -0.4 is 4.90 Å². The van der Waals surface area contributed by atoms with Gasteiger partial charge < -0.3 is 18.3 Å². The summed E-state index contributed by atoms with van der Waals surface area (Å²) in [5.41, 5.74) is 12.5. The van der Waals surface area contributed by atoms with Gasteiger partial charge in [0, 0.05) is 66.5 Å². The Bertz CT molecular complexity index is 3480. The SMILES string of the molecule is c1ccc(N(c2cccc(-c3ccc4c(c3)c3cc5c(ccc6c7ccccc7oc56)cc3n4-c3ccccc3)c2)c2ccc3c(c2)oc2ccccc23)cc1. The summed E-state index contributed by atoms with van der Waals surface area (Å²) < 4.78 is 15.3. The van der Waals surface area contributed by atoms with Crippen molar-refractivity contribution < 1.29 is 8.83 Å². The van der Waals surface area contributed by atoms with Crippen molar-refractivity contribution in [2.75, 3.05) is 4.90 Å². The summed E-state index contributed by atoms with van der Waals surface area (Å²) in [6.07, 6.45) is 0. The molecular weight excluding hydrogens is 685 g/mol. The summed E-state index contributed by atoms with van der Waals surface area (Å²) >= 11 is 0. The highest BCUT2D eigenvalue weighted by Crippen LogP contribution is 2.43. The van der Waals surface area contributed by atoms with E-state index in [9.17, 15) is 0 Å². The summed E-state index contributed by atoms with van der Waals surface area (Å²) in [5, 5.41) is 9.16. The number of furan rings is 2. The Balaban J connectivity index is 1.05. The van der Waals surface area contributed by atoms with Crippen molar-refractivity contribution in [1.82, 2.24) is 4.57 Å². The van der Waals surface area contributed by atoms with Crippen LogP contribution in [0.4, 0.5) is 17.1 Å². The molecule has 0 saturated heterocycles. The minimum Gasteiger partial charge on any atom is -0.456 e. The van der Waals surface area contributed by atoms with Crippen LogP contribution in [-0.4, -0.2) is 4.57 Å². The maximum atomic E-state index is 6.54. The van der Waals surface area contributed by atoms with Crippen molar-refractivity contribution in [2.45, 2.75) is 0 Å². The lowest BCUT2D eigenvalue weighted by atomic mass is 10.00. The molecule has 12 aromatic rings. The van der Waals surface area contributed by atoms with Gasteiger partial charge in [-0.2, -0.15) is 0 Å². The average Bonchev–Trinajstić information content (AvgIpc) is 3.93. The van der Waals surface area contributed by atoms with Gasteiger partial charge in [-0.05, 0) is 108 Å². The zero-order valence-electron chi connectivity index (χ0n) is 30.2. The van der Waals surface area contributed by atoms with Gasteiger partial charge in [0.2, 0.25) is 0 Å². The quantitative estimate of drug-likeness (QED) is 0.178. The second-order valence-corrected chi connectivity index (χ2v) is 14.5. The molecule has 0 aliphatic heterocycles. The molecular formula is C52H32N2O2. The minimum absolute atomic E-state index is 0.869. The van der Waals surface area contributed by atoms with Crippen LogP contribution in [0.1, 0.15) is 0 Å². The number of para-hydroxylation sites is 4. The molecule has 4 heteroatoms. The number of aromatic nitrogens is 1. The first-order valence-corrected chi connectivity index (χ1v) is 19.0. The Kier molecular flexibility index (Phi) is 6.60. The van der Waals surface area contributed by atoms with Crippen LogP contribution in [0.2, 0.25) is 0 Å². The first-order valence-electron chi connectivity index (χ1n) is 19.0. The Morgan fingerprint density at radius 1 is 0.339 bits per heavy atom. The highest BCUT2D eigenvalue weighted by molar-refractivity contribution is 6.21. The molecule has 0 amide bonds. The second kappa shape index (κ2) is 12.0. The fourth-order valence-corrected chi connectivity index (χ4v) is 8.76. The molecule has 9 aromatic carbocycles. The molecule has 4 nitrogen and oxygen atoms in total. The van der Waals surface area contributed by atoms with Crippen LogP contribution in [0, 0.1) is 0 Å². The standard InChI is InChI=1S/C52H32N2O2/c1-3-13-36(14-4-1)53(39-24-26-42-40-18-7-9-20-49(40)55-51(42)31-39)38-17-11-12-33(28-38)34-23-27-47-45(29-34)46-32-44-35(30-48(46)54(47)37-15-5-2-6-16-37)22-25-43-41-19-8-10-21-50(41)56-52(43)44/h1-32H. The van der Waals surface area contributed by atoms with Crippen LogP contribution in [0.25, 0.3) is 93.3 Å². The molecule has 12 rings (SSSR count). The van der Waals surface area contributed by atoms with Crippen molar-refractivity contribution in [1.29, 1.82) is 0 Å². The van der Waals surface area contributed by atoms with E-state index in [0.717, 1.165) is 99.6 Å². The molecule has 3 aromatic heterocycles. The van der Waals surface area contributed by atoms with E-state index >= 15 is 0 Å². The van der Waals surface area contributed by atoms with E-state index < -0.39 is 0 Å². The molecule has 0 aliphatic carbocycles. The first kappa shape index (κ1) is 30.9. The van der Waals surface area contributed by atoms with Gasteiger partial charge in [-0.25, -0.2) is 0 Å². The van der Waals surface area contributed by atoms with Gasteiger partial charge in [0.1, 0.15) is 22.3 Å². The number of fused-ring (bicyclic) bond motifs is 11. The van der Waals surface area contributed by atoms with Gasteiger partial charge in [-0.1, -0.05) is 97.1 Å². The van der Waals surface area contributed by atoms with Crippen molar-refractivity contribution in [3.63, 3.8) is 0 Å². The maximum absolute atomic E-state index is 6.54. The lowest BCUT2D eigenvalue weighted by molar-refractivity contribution is 0.669. The number of nitrogens with zero attached hydrogens (tertiary/aromatic N) is 2. The Labute approximate surface area is 321 Å². The Morgan fingerprint density at radius 2 is 0.982 bits per heavy atom. The highest BCUT2D eigenvalue weighted by atomic mass is 16.3. The fourth-order valence-electron chi connectivity index (χ4n) is 8.76. The topological polar surface area (TPSA) is 34.5 Å². The number of hydrogen-bond acceptors (Lipinski definition) is 3. The summed E-state index contributed by atoms with van der Waals surface area (Å²) in [7, 11) is 0. The largest absolute Gasteiger partial charge is 0.456 e. The van der Waals surface area contributed by atoms with Gasteiger partial charge in [-0.15, -0.1) is 0 Å². The van der Waals surface area contributed by atoms with Crippen molar-refractivity contribution in [3.8, 4) is 16.8 Å². The predicted octanol–water partition coefficient (Wildman–Crippen LogP) is 14.9. The lowest BCUT2D eigenvalue weighted by Crippen LogP contribution is -2.09. The fraction of sp³-hybridized carbons (Fsp3) is 0. The molecule has 0 fully saturated rings. The third-order valence-electron chi connectivity index (χ3n) is 11.3. The number of benzene rings is 9. The number of rotatable bonds is 5. The molecule has 0 unspecified atom stereocenters. The first-order chi connectivity index (χ1) is 27.7. The summed E-state index contributed by atoms with van der Waals surface area (Å²) in [6.45, 7) is 0. The summed E-state index contributed by atoms with van der Waals surface area (Å²) in [4.78, 5) is 2.31. The van der Waals surface area contributed by atoms with Gasteiger partial charge in [-0.3, -0.25) is 0 Å². The smallest absolute Gasteiger partial charge is 0.143 e. The predicted molar refractivity (Wildman–Crippen MR) is 233 cm³/mol.